The van der Waals surface area contributed by atoms with E-state index in [2.05, 4.69) is 46.4 Å². The van der Waals surface area contributed by atoms with Crippen LogP contribution in [-0.4, -0.2) is 56.1 Å². The van der Waals surface area contributed by atoms with Crippen molar-refractivity contribution in [2.24, 2.45) is 0 Å². The maximum absolute atomic E-state index is 3.69. The molecule has 1 aromatic carbocycles. The summed E-state index contributed by atoms with van der Waals surface area (Å²) in [4.78, 5) is 5.05. The van der Waals surface area contributed by atoms with Crippen molar-refractivity contribution in [1.29, 1.82) is 0 Å². The minimum atomic E-state index is 0.576. The molecule has 0 bridgehead atoms. The largest absolute Gasteiger partial charge is 0.310 e. The molecule has 1 N–H and O–H groups in total. The van der Waals surface area contributed by atoms with Crippen molar-refractivity contribution in [2.45, 2.75) is 25.3 Å². The maximum Gasteiger partial charge on any atom is 0.0323 e. The summed E-state index contributed by atoms with van der Waals surface area (Å²) in [5.74, 6) is 0. The molecule has 3 heteroatoms. The highest BCUT2D eigenvalue weighted by molar-refractivity contribution is 5.32. The number of hydrogen-bond donors (Lipinski definition) is 1. The molecule has 0 aromatic heterocycles. The second-order valence-corrected chi connectivity index (χ2v) is 6.24. The number of benzene rings is 1. The Kier molecular flexibility index (Phi) is 4.71. The van der Waals surface area contributed by atoms with E-state index in [1.54, 1.807) is 5.56 Å². The van der Waals surface area contributed by atoms with Gasteiger partial charge in [0.25, 0.3) is 0 Å². The molecule has 20 heavy (non-hydrogen) atoms. The summed E-state index contributed by atoms with van der Waals surface area (Å²) < 4.78 is 0. The number of piperazine rings is 1. The summed E-state index contributed by atoms with van der Waals surface area (Å²) in [6.45, 7) is 7.33. The smallest absolute Gasteiger partial charge is 0.0323 e. The highest BCUT2D eigenvalue weighted by Crippen LogP contribution is 2.26. The van der Waals surface area contributed by atoms with Crippen LogP contribution in [0, 0.1) is 0 Å². The fourth-order valence-electron chi connectivity index (χ4n) is 3.44. The third kappa shape index (κ3) is 3.40. The third-order valence-electron chi connectivity index (χ3n) is 4.78. The summed E-state index contributed by atoms with van der Waals surface area (Å²) in [6, 6.07) is 9.53. The Morgan fingerprint density at radius 3 is 2.80 bits per heavy atom. The van der Waals surface area contributed by atoms with Crippen molar-refractivity contribution in [3.63, 3.8) is 0 Å². The SMILES string of the molecule is CN1CCN(CCCC2NCCc3ccccc32)CC1. The first-order valence-corrected chi connectivity index (χ1v) is 8.05. The van der Waals surface area contributed by atoms with Crippen LogP contribution in [0.1, 0.15) is 30.0 Å². The molecule has 1 fully saturated rings. The Labute approximate surface area is 123 Å². The van der Waals surface area contributed by atoms with Crippen molar-refractivity contribution in [2.75, 3.05) is 46.3 Å². The van der Waals surface area contributed by atoms with Crippen molar-refractivity contribution in [3.8, 4) is 0 Å². The van der Waals surface area contributed by atoms with E-state index in [0.29, 0.717) is 6.04 Å². The van der Waals surface area contributed by atoms with Crippen LogP contribution in [0.15, 0.2) is 24.3 Å². The average molecular weight is 273 g/mol. The van der Waals surface area contributed by atoms with Gasteiger partial charge < -0.3 is 15.1 Å². The predicted molar refractivity (Wildman–Crippen MR) is 84.1 cm³/mol. The van der Waals surface area contributed by atoms with Gasteiger partial charge in [0.1, 0.15) is 0 Å². The van der Waals surface area contributed by atoms with E-state index in [0.717, 1.165) is 6.54 Å². The molecule has 0 amide bonds. The molecule has 2 aliphatic heterocycles. The van der Waals surface area contributed by atoms with Crippen LogP contribution in [0.4, 0.5) is 0 Å². The van der Waals surface area contributed by atoms with Crippen LogP contribution in [-0.2, 0) is 6.42 Å². The lowest BCUT2D eigenvalue weighted by molar-refractivity contribution is 0.151. The Hall–Kier alpha value is -0.900. The minimum absolute atomic E-state index is 0.576. The molecule has 0 spiro atoms. The molecule has 3 nitrogen and oxygen atoms in total. The third-order valence-corrected chi connectivity index (χ3v) is 4.78. The normalized spacial score (nSPS) is 24.6. The molecule has 1 unspecified atom stereocenters. The second-order valence-electron chi connectivity index (χ2n) is 6.24. The first-order valence-electron chi connectivity index (χ1n) is 8.05. The molecular weight excluding hydrogens is 246 g/mol. The quantitative estimate of drug-likeness (QED) is 0.904. The zero-order valence-electron chi connectivity index (χ0n) is 12.6. The predicted octanol–water partition coefficient (Wildman–Crippen LogP) is 1.90. The number of nitrogens with one attached hydrogen (secondary N) is 1. The van der Waals surface area contributed by atoms with E-state index in [1.807, 2.05) is 0 Å². The summed E-state index contributed by atoms with van der Waals surface area (Å²) in [7, 11) is 2.22. The Morgan fingerprint density at radius 2 is 1.95 bits per heavy atom. The average Bonchev–Trinajstić information content (AvgIpc) is 2.49. The van der Waals surface area contributed by atoms with Gasteiger partial charge in [0.15, 0.2) is 0 Å². The number of hydrogen-bond acceptors (Lipinski definition) is 3. The van der Waals surface area contributed by atoms with Gasteiger partial charge in [0.2, 0.25) is 0 Å². The number of likely N-dealkylation sites (N-methyl/N-ethyl adjacent to an activating group) is 1. The van der Waals surface area contributed by atoms with Crippen molar-refractivity contribution in [1.82, 2.24) is 15.1 Å². The van der Waals surface area contributed by atoms with Gasteiger partial charge in [0, 0.05) is 32.2 Å². The number of rotatable bonds is 4. The van der Waals surface area contributed by atoms with Gasteiger partial charge in [-0.1, -0.05) is 24.3 Å². The standard InChI is InChI=1S/C17H27N3/c1-19-11-13-20(14-12-19)10-4-7-17-16-6-3-2-5-15(16)8-9-18-17/h2-3,5-6,17-18H,4,7-14H2,1H3. The molecule has 1 saturated heterocycles. The zero-order chi connectivity index (χ0) is 13.8. The number of fused-ring (bicyclic) bond motifs is 1. The number of nitrogens with zero attached hydrogens (tertiary/aromatic N) is 2. The van der Waals surface area contributed by atoms with E-state index in [1.165, 1.54) is 57.5 Å². The van der Waals surface area contributed by atoms with Gasteiger partial charge in [-0.25, -0.2) is 0 Å². The topological polar surface area (TPSA) is 18.5 Å². The van der Waals surface area contributed by atoms with Crippen LogP contribution >= 0.6 is 0 Å². The molecule has 0 aliphatic carbocycles. The maximum atomic E-state index is 3.69. The van der Waals surface area contributed by atoms with E-state index < -0.39 is 0 Å². The van der Waals surface area contributed by atoms with E-state index >= 15 is 0 Å². The Balaban J connectivity index is 1.47. The minimum Gasteiger partial charge on any atom is -0.310 e. The molecule has 2 heterocycles. The molecule has 110 valence electrons. The van der Waals surface area contributed by atoms with Crippen LogP contribution in [0.5, 0.6) is 0 Å². The van der Waals surface area contributed by atoms with E-state index in [4.69, 9.17) is 0 Å². The molecule has 1 atom stereocenters. The van der Waals surface area contributed by atoms with Gasteiger partial charge in [-0.15, -0.1) is 0 Å². The van der Waals surface area contributed by atoms with E-state index in [-0.39, 0.29) is 0 Å². The molecule has 1 aromatic rings. The Morgan fingerprint density at radius 1 is 1.15 bits per heavy atom. The fourth-order valence-corrected chi connectivity index (χ4v) is 3.44. The monoisotopic (exact) mass is 273 g/mol. The first kappa shape index (κ1) is 14.1. The van der Waals surface area contributed by atoms with Gasteiger partial charge in [-0.2, -0.15) is 0 Å². The van der Waals surface area contributed by atoms with Crippen LogP contribution in [0.3, 0.4) is 0 Å². The Bertz CT molecular complexity index is 424. The van der Waals surface area contributed by atoms with Gasteiger partial charge in [-0.05, 0) is 50.5 Å². The first-order chi connectivity index (χ1) is 9.83. The lowest BCUT2D eigenvalue weighted by atomic mass is 9.92. The van der Waals surface area contributed by atoms with Gasteiger partial charge in [0.05, 0.1) is 0 Å². The summed E-state index contributed by atoms with van der Waals surface area (Å²) in [6.07, 6.45) is 3.75. The lowest BCUT2D eigenvalue weighted by Crippen LogP contribution is -2.44. The van der Waals surface area contributed by atoms with Crippen LogP contribution in [0.25, 0.3) is 0 Å². The second kappa shape index (κ2) is 6.70. The molecular formula is C17H27N3. The van der Waals surface area contributed by atoms with Crippen LogP contribution < -0.4 is 5.32 Å². The van der Waals surface area contributed by atoms with E-state index in [9.17, 15) is 0 Å². The summed E-state index contributed by atoms with van der Waals surface area (Å²) in [5.41, 5.74) is 3.09. The van der Waals surface area contributed by atoms with Crippen molar-refractivity contribution >= 4 is 0 Å². The molecule has 0 radical (unpaired) electrons. The zero-order valence-corrected chi connectivity index (χ0v) is 12.6. The van der Waals surface area contributed by atoms with Crippen molar-refractivity contribution < 1.29 is 0 Å². The van der Waals surface area contributed by atoms with Crippen molar-refractivity contribution in [3.05, 3.63) is 35.4 Å². The highest BCUT2D eigenvalue weighted by atomic mass is 15.2. The fraction of sp³-hybridized carbons (Fsp3) is 0.647. The summed E-state index contributed by atoms with van der Waals surface area (Å²) in [5, 5.41) is 3.69. The van der Waals surface area contributed by atoms with Gasteiger partial charge in [-0.3, -0.25) is 0 Å². The lowest BCUT2D eigenvalue weighted by Gasteiger charge is -2.33. The summed E-state index contributed by atoms with van der Waals surface area (Å²) >= 11 is 0. The molecule has 2 aliphatic rings. The highest BCUT2D eigenvalue weighted by Gasteiger charge is 2.19. The van der Waals surface area contributed by atoms with Gasteiger partial charge >= 0.3 is 0 Å². The van der Waals surface area contributed by atoms with Crippen LogP contribution in [0.2, 0.25) is 0 Å². The molecule has 3 rings (SSSR count). The molecule has 0 saturated carbocycles.